The molecule has 3 rings (SSSR count). The van der Waals surface area contributed by atoms with E-state index in [0.29, 0.717) is 24.5 Å². The van der Waals surface area contributed by atoms with Crippen LogP contribution in [0.15, 0.2) is 48.8 Å². The highest BCUT2D eigenvalue weighted by Crippen LogP contribution is 2.26. The maximum absolute atomic E-state index is 12.1. The number of rotatable bonds is 5. The second-order valence-corrected chi connectivity index (χ2v) is 5.48. The number of pyridine rings is 1. The van der Waals surface area contributed by atoms with Crippen LogP contribution in [-0.2, 0) is 14.3 Å². The second-order valence-electron chi connectivity index (χ2n) is 5.48. The minimum Gasteiger partial charge on any atom is -0.452 e. The third kappa shape index (κ3) is 4.54. The van der Waals surface area contributed by atoms with Crippen LogP contribution in [0.3, 0.4) is 0 Å². The van der Waals surface area contributed by atoms with E-state index in [4.69, 9.17) is 9.47 Å². The largest absolute Gasteiger partial charge is 0.452 e. The fourth-order valence-electron chi connectivity index (χ4n) is 2.54. The van der Waals surface area contributed by atoms with Gasteiger partial charge in [0.1, 0.15) is 0 Å². The van der Waals surface area contributed by atoms with E-state index >= 15 is 0 Å². The van der Waals surface area contributed by atoms with Crippen LogP contribution in [0.25, 0.3) is 0 Å². The van der Waals surface area contributed by atoms with Crippen molar-refractivity contribution in [2.45, 2.75) is 0 Å². The Labute approximate surface area is 145 Å². The van der Waals surface area contributed by atoms with Crippen LogP contribution in [0.5, 0.6) is 0 Å². The number of esters is 1. The number of nitrogens with zero attached hydrogens (tertiary/aromatic N) is 2. The maximum atomic E-state index is 12.1. The fourth-order valence-corrected chi connectivity index (χ4v) is 2.54. The highest BCUT2D eigenvalue weighted by Gasteiger charge is 2.16. The Bertz CT molecular complexity index is 730. The molecule has 0 spiro atoms. The van der Waals surface area contributed by atoms with Crippen LogP contribution in [0.1, 0.15) is 10.4 Å². The number of para-hydroxylation sites is 2. The summed E-state index contributed by atoms with van der Waals surface area (Å²) in [6, 6.07) is 10.8. The number of ether oxygens (including phenoxy) is 2. The van der Waals surface area contributed by atoms with E-state index in [9.17, 15) is 9.59 Å². The van der Waals surface area contributed by atoms with E-state index in [1.54, 1.807) is 18.3 Å². The van der Waals surface area contributed by atoms with Gasteiger partial charge in [0.05, 0.1) is 30.2 Å². The van der Waals surface area contributed by atoms with Gasteiger partial charge in [-0.1, -0.05) is 12.1 Å². The first-order valence-corrected chi connectivity index (χ1v) is 8.03. The van der Waals surface area contributed by atoms with Crippen molar-refractivity contribution in [1.82, 2.24) is 4.98 Å². The molecule has 0 radical (unpaired) electrons. The zero-order valence-electron chi connectivity index (χ0n) is 13.7. The van der Waals surface area contributed by atoms with E-state index in [1.807, 2.05) is 24.3 Å². The summed E-state index contributed by atoms with van der Waals surface area (Å²) in [4.78, 5) is 30.0. The average Bonchev–Trinajstić information content (AvgIpc) is 2.68. The zero-order valence-corrected chi connectivity index (χ0v) is 13.7. The lowest BCUT2D eigenvalue weighted by Crippen LogP contribution is -2.36. The minimum absolute atomic E-state index is 0.309. The standard InChI is InChI=1S/C18H19N3O4/c22-17(13-25-18(23)14-4-3-7-19-12-14)20-15-5-1-2-6-16(15)21-8-10-24-11-9-21/h1-7,12H,8-11,13H2,(H,20,22). The number of anilines is 2. The molecule has 130 valence electrons. The average molecular weight is 341 g/mol. The Morgan fingerprint density at radius 1 is 1.16 bits per heavy atom. The predicted molar refractivity (Wildman–Crippen MR) is 92.6 cm³/mol. The van der Waals surface area contributed by atoms with E-state index in [-0.39, 0.29) is 6.61 Å². The van der Waals surface area contributed by atoms with Crippen molar-refractivity contribution in [3.63, 3.8) is 0 Å². The lowest BCUT2D eigenvalue weighted by Gasteiger charge is -2.30. The number of amides is 1. The van der Waals surface area contributed by atoms with Crippen LogP contribution in [-0.4, -0.2) is 49.8 Å². The SMILES string of the molecule is O=C(COC(=O)c1cccnc1)Nc1ccccc1N1CCOCC1. The van der Waals surface area contributed by atoms with Gasteiger partial charge in [-0.25, -0.2) is 4.79 Å². The third-order valence-electron chi connectivity index (χ3n) is 3.76. The molecule has 7 heteroatoms. The number of hydrogen-bond acceptors (Lipinski definition) is 6. The van der Waals surface area contributed by atoms with E-state index < -0.39 is 11.9 Å². The van der Waals surface area contributed by atoms with Gasteiger partial charge < -0.3 is 19.7 Å². The summed E-state index contributed by atoms with van der Waals surface area (Å²) in [5, 5.41) is 2.80. The van der Waals surface area contributed by atoms with Gasteiger partial charge in [0.2, 0.25) is 0 Å². The Hall–Kier alpha value is -2.93. The van der Waals surface area contributed by atoms with Crippen molar-refractivity contribution in [1.29, 1.82) is 0 Å². The molecule has 2 heterocycles. The number of hydrogen-bond donors (Lipinski definition) is 1. The normalized spacial score (nSPS) is 14.0. The first-order valence-electron chi connectivity index (χ1n) is 8.03. The summed E-state index contributed by atoms with van der Waals surface area (Å²) in [7, 11) is 0. The van der Waals surface area contributed by atoms with Crippen molar-refractivity contribution in [2.24, 2.45) is 0 Å². The molecule has 0 atom stereocenters. The molecule has 7 nitrogen and oxygen atoms in total. The number of nitrogens with one attached hydrogen (secondary N) is 1. The molecule has 0 aliphatic carbocycles. The van der Waals surface area contributed by atoms with Crippen LogP contribution < -0.4 is 10.2 Å². The first-order chi connectivity index (χ1) is 12.2. The Balaban J connectivity index is 1.59. The third-order valence-corrected chi connectivity index (χ3v) is 3.76. The van der Waals surface area contributed by atoms with Crippen molar-refractivity contribution in [2.75, 3.05) is 43.1 Å². The van der Waals surface area contributed by atoms with Gasteiger partial charge >= 0.3 is 5.97 Å². The molecule has 0 unspecified atom stereocenters. The second kappa shape index (κ2) is 8.25. The Morgan fingerprint density at radius 3 is 2.72 bits per heavy atom. The van der Waals surface area contributed by atoms with Gasteiger partial charge in [-0.3, -0.25) is 9.78 Å². The van der Waals surface area contributed by atoms with E-state index in [1.165, 1.54) is 6.20 Å². The van der Waals surface area contributed by atoms with Gasteiger partial charge in [0, 0.05) is 25.5 Å². The van der Waals surface area contributed by atoms with Crippen LogP contribution in [0.4, 0.5) is 11.4 Å². The van der Waals surface area contributed by atoms with Crippen molar-refractivity contribution < 1.29 is 19.1 Å². The van der Waals surface area contributed by atoms with E-state index in [0.717, 1.165) is 18.8 Å². The molecule has 0 saturated carbocycles. The molecule has 1 aromatic heterocycles. The van der Waals surface area contributed by atoms with Crippen molar-refractivity contribution in [3.05, 3.63) is 54.4 Å². The monoisotopic (exact) mass is 341 g/mol. The van der Waals surface area contributed by atoms with Gasteiger partial charge in [0.25, 0.3) is 5.91 Å². The highest BCUT2D eigenvalue weighted by molar-refractivity contribution is 5.97. The molecule has 1 aliphatic rings. The molecule has 25 heavy (non-hydrogen) atoms. The number of carbonyl (C=O) groups is 2. The topological polar surface area (TPSA) is 80.8 Å². The van der Waals surface area contributed by atoms with Crippen molar-refractivity contribution in [3.8, 4) is 0 Å². The maximum Gasteiger partial charge on any atom is 0.340 e. The number of aromatic nitrogens is 1. The quantitative estimate of drug-likeness (QED) is 0.834. The summed E-state index contributed by atoms with van der Waals surface area (Å²) in [5.74, 6) is -0.970. The Morgan fingerprint density at radius 2 is 1.96 bits per heavy atom. The van der Waals surface area contributed by atoms with Crippen LogP contribution in [0, 0.1) is 0 Å². The summed E-state index contributed by atoms with van der Waals surface area (Å²) >= 11 is 0. The molecule has 1 aromatic carbocycles. The molecule has 1 amide bonds. The van der Waals surface area contributed by atoms with Gasteiger partial charge in [-0.05, 0) is 24.3 Å². The van der Waals surface area contributed by atoms with Gasteiger partial charge in [0.15, 0.2) is 6.61 Å². The van der Waals surface area contributed by atoms with Crippen LogP contribution >= 0.6 is 0 Å². The summed E-state index contributed by atoms with van der Waals surface area (Å²) in [6.07, 6.45) is 2.96. The molecule has 2 aromatic rings. The zero-order chi connectivity index (χ0) is 17.5. The molecular weight excluding hydrogens is 322 g/mol. The fraction of sp³-hybridized carbons (Fsp3) is 0.278. The first kappa shape index (κ1) is 16.9. The molecule has 1 fully saturated rings. The highest BCUT2D eigenvalue weighted by atomic mass is 16.5. The minimum atomic E-state index is -0.579. The molecular formula is C18H19N3O4. The summed E-state index contributed by atoms with van der Waals surface area (Å²) in [5.41, 5.74) is 1.92. The smallest absolute Gasteiger partial charge is 0.340 e. The number of morpholine rings is 1. The van der Waals surface area contributed by atoms with Gasteiger partial charge in [-0.2, -0.15) is 0 Å². The summed E-state index contributed by atoms with van der Waals surface area (Å²) in [6.45, 7) is 2.49. The molecule has 0 bridgehead atoms. The van der Waals surface area contributed by atoms with Gasteiger partial charge in [-0.15, -0.1) is 0 Å². The Kier molecular flexibility index (Phi) is 5.58. The van der Waals surface area contributed by atoms with Crippen LogP contribution in [0.2, 0.25) is 0 Å². The lowest BCUT2D eigenvalue weighted by atomic mass is 10.2. The number of carbonyl (C=O) groups excluding carboxylic acids is 2. The van der Waals surface area contributed by atoms with E-state index in [2.05, 4.69) is 15.2 Å². The lowest BCUT2D eigenvalue weighted by molar-refractivity contribution is -0.119. The molecule has 1 saturated heterocycles. The predicted octanol–water partition coefficient (Wildman–Crippen LogP) is 1.71. The molecule has 1 aliphatic heterocycles. The van der Waals surface area contributed by atoms with Crippen molar-refractivity contribution >= 4 is 23.3 Å². The number of benzene rings is 1. The summed E-state index contributed by atoms with van der Waals surface area (Å²) < 4.78 is 10.4. The molecule has 1 N–H and O–H groups in total.